The Hall–Kier alpha value is -0.688. The average Bonchev–Trinajstić information content (AvgIpc) is 2.26. The van der Waals surface area contributed by atoms with Gasteiger partial charge in [-0.3, -0.25) is 4.98 Å². The molecule has 6 heteroatoms. The number of hydrogen-bond acceptors (Lipinski definition) is 4. The average molecular weight is 265 g/mol. The molecule has 0 spiro atoms. The second-order valence-corrected chi connectivity index (χ2v) is 7.75. The summed E-state index contributed by atoms with van der Waals surface area (Å²) in [6.45, 7) is 10.3. The van der Waals surface area contributed by atoms with E-state index >= 15 is 0 Å². The zero-order chi connectivity index (χ0) is 14.0. The van der Waals surface area contributed by atoms with E-state index in [0.717, 1.165) is 5.56 Å². The van der Waals surface area contributed by atoms with E-state index in [-0.39, 0.29) is 5.04 Å². The Bertz CT molecular complexity index is 405. The fourth-order valence-electron chi connectivity index (χ4n) is 1.27. The van der Waals surface area contributed by atoms with Crippen molar-refractivity contribution in [3.8, 4) is 0 Å². The summed E-state index contributed by atoms with van der Waals surface area (Å²) >= 11 is 0. The standard InChI is InChI=1S/C12H20BNO3Si/c1-11(2,3)18-17-12(4,5)9-6-10(13(15)16)8-14-7-9/h6-8,15-16H,1-5H3. The first kappa shape index (κ1) is 15.4. The monoisotopic (exact) mass is 265 g/mol. The first-order valence-electron chi connectivity index (χ1n) is 5.88. The van der Waals surface area contributed by atoms with Crippen molar-refractivity contribution in [2.24, 2.45) is 0 Å². The van der Waals surface area contributed by atoms with E-state index in [1.165, 1.54) is 6.20 Å². The van der Waals surface area contributed by atoms with Gasteiger partial charge in [-0.2, -0.15) is 0 Å². The first-order valence-corrected chi connectivity index (χ1v) is 6.79. The van der Waals surface area contributed by atoms with Gasteiger partial charge in [-0.25, -0.2) is 0 Å². The normalized spacial score (nSPS) is 12.6. The van der Waals surface area contributed by atoms with E-state index in [9.17, 15) is 0 Å². The van der Waals surface area contributed by atoms with Crippen LogP contribution in [0, 0.1) is 0 Å². The third-order valence-corrected chi connectivity index (χ3v) is 3.59. The van der Waals surface area contributed by atoms with Crippen molar-refractivity contribution in [1.82, 2.24) is 4.98 Å². The molecule has 1 aromatic rings. The van der Waals surface area contributed by atoms with E-state index in [0.29, 0.717) is 15.2 Å². The maximum absolute atomic E-state index is 9.15. The van der Waals surface area contributed by atoms with Gasteiger partial charge in [0, 0.05) is 23.4 Å². The molecule has 0 aliphatic rings. The van der Waals surface area contributed by atoms with Crippen LogP contribution < -0.4 is 5.46 Å². The lowest BCUT2D eigenvalue weighted by Crippen LogP contribution is -2.33. The topological polar surface area (TPSA) is 62.6 Å². The molecule has 1 aromatic heterocycles. The van der Waals surface area contributed by atoms with E-state index in [1.807, 2.05) is 13.8 Å². The van der Waals surface area contributed by atoms with Crippen molar-refractivity contribution < 1.29 is 14.5 Å². The van der Waals surface area contributed by atoms with Crippen molar-refractivity contribution in [3.63, 3.8) is 0 Å². The van der Waals surface area contributed by atoms with Crippen LogP contribution in [0.5, 0.6) is 0 Å². The Labute approximate surface area is 111 Å². The van der Waals surface area contributed by atoms with Gasteiger partial charge in [-0.1, -0.05) is 26.8 Å². The summed E-state index contributed by atoms with van der Waals surface area (Å²) in [7, 11) is -1.14. The van der Waals surface area contributed by atoms with Crippen LogP contribution in [0.1, 0.15) is 40.2 Å². The van der Waals surface area contributed by atoms with Crippen LogP contribution in [-0.4, -0.2) is 31.9 Å². The fourth-order valence-corrected chi connectivity index (χ4v) is 1.95. The van der Waals surface area contributed by atoms with Gasteiger partial charge in [0.15, 0.2) is 0 Å². The van der Waals surface area contributed by atoms with Gasteiger partial charge in [0.05, 0.1) is 5.60 Å². The predicted molar refractivity (Wildman–Crippen MR) is 73.6 cm³/mol. The number of aromatic nitrogens is 1. The van der Waals surface area contributed by atoms with Gasteiger partial charge >= 0.3 is 7.12 Å². The third kappa shape index (κ3) is 4.53. The molecular weight excluding hydrogens is 245 g/mol. The largest absolute Gasteiger partial charge is 0.490 e. The van der Waals surface area contributed by atoms with Crippen molar-refractivity contribution >= 4 is 22.3 Å². The molecule has 98 valence electrons. The smallest absolute Gasteiger partial charge is 0.423 e. The van der Waals surface area contributed by atoms with Gasteiger partial charge in [-0.05, 0) is 18.9 Å². The number of rotatable bonds is 4. The highest BCUT2D eigenvalue weighted by Crippen LogP contribution is 2.28. The third-order valence-electron chi connectivity index (χ3n) is 2.37. The second kappa shape index (κ2) is 5.52. The predicted octanol–water partition coefficient (Wildman–Crippen LogP) is 0.851. The minimum atomic E-state index is -1.50. The van der Waals surface area contributed by atoms with E-state index < -0.39 is 12.7 Å². The highest BCUT2D eigenvalue weighted by atomic mass is 28.2. The van der Waals surface area contributed by atoms with Gasteiger partial charge in [0.25, 0.3) is 0 Å². The van der Waals surface area contributed by atoms with Crippen LogP contribution in [0.15, 0.2) is 18.5 Å². The summed E-state index contributed by atoms with van der Waals surface area (Å²) in [5.74, 6) is 0. The van der Waals surface area contributed by atoms with Crippen molar-refractivity contribution in [2.75, 3.05) is 0 Å². The Balaban J connectivity index is 2.87. The molecule has 0 unspecified atom stereocenters. The zero-order valence-corrected chi connectivity index (χ0v) is 12.6. The minimum absolute atomic E-state index is 0.110. The van der Waals surface area contributed by atoms with Crippen LogP contribution in [0.3, 0.4) is 0 Å². The Morgan fingerprint density at radius 1 is 1.17 bits per heavy atom. The summed E-state index contributed by atoms with van der Waals surface area (Å²) in [5.41, 5.74) is 0.719. The Morgan fingerprint density at radius 2 is 1.78 bits per heavy atom. The lowest BCUT2D eigenvalue weighted by molar-refractivity contribution is 0.109. The summed E-state index contributed by atoms with van der Waals surface area (Å²) in [4.78, 5) is 4.02. The molecule has 0 atom stereocenters. The fraction of sp³-hybridized carbons (Fsp3) is 0.583. The van der Waals surface area contributed by atoms with Crippen molar-refractivity contribution in [3.05, 3.63) is 24.0 Å². The Morgan fingerprint density at radius 3 is 2.28 bits per heavy atom. The molecule has 1 heterocycles. The lowest BCUT2D eigenvalue weighted by Gasteiger charge is -2.29. The Kier molecular flexibility index (Phi) is 4.72. The highest BCUT2D eigenvalue weighted by Gasteiger charge is 2.26. The maximum Gasteiger partial charge on any atom is 0.490 e. The summed E-state index contributed by atoms with van der Waals surface area (Å²) in [6.07, 6.45) is 3.13. The van der Waals surface area contributed by atoms with Crippen LogP contribution >= 0.6 is 0 Å². The molecule has 0 aliphatic heterocycles. The van der Waals surface area contributed by atoms with E-state index in [2.05, 4.69) is 25.8 Å². The van der Waals surface area contributed by atoms with Gasteiger partial charge in [0.2, 0.25) is 9.76 Å². The second-order valence-electron chi connectivity index (χ2n) is 5.85. The summed E-state index contributed by atoms with van der Waals surface area (Å²) in [5, 5.41) is 18.4. The maximum atomic E-state index is 9.15. The van der Waals surface area contributed by atoms with Crippen molar-refractivity contribution in [2.45, 2.75) is 45.3 Å². The van der Waals surface area contributed by atoms with Crippen LogP contribution in [0.4, 0.5) is 0 Å². The molecule has 4 nitrogen and oxygen atoms in total. The van der Waals surface area contributed by atoms with Gasteiger partial charge in [0.1, 0.15) is 0 Å². The van der Waals surface area contributed by atoms with Crippen LogP contribution in [-0.2, 0) is 10.0 Å². The van der Waals surface area contributed by atoms with Gasteiger partial charge < -0.3 is 14.5 Å². The minimum Gasteiger partial charge on any atom is -0.423 e. The molecule has 0 amide bonds. The molecule has 2 N–H and O–H groups in total. The molecule has 0 bridgehead atoms. The number of pyridine rings is 1. The molecule has 0 aromatic carbocycles. The molecule has 0 saturated heterocycles. The molecule has 2 radical (unpaired) electrons. The molecule has 0 fully saturated rings. The summed E-state index contributed by atoms with van der Waals surface area (Å²) in [6, 6.07) is 1.71. The highest BCUT2D eigenvalue weighted by molar-refractivity contribution is 6.58. The number of nitrogens with zero attached hydrogens (tertiary/aromatic N) is 1. The first-order chi connectivity index (χ1) is 8.12. The van der Waals surface area contributed by atoms with Crippen LogP contribution in [0.25, 0.3) is 0 Å². The SMILES string of the molecule is CC(C)(C)[Si]OC(C)(C)c1cncc(B(O)O)c1. The molecule has 18 heavy (non-hydrogen) atoms. The molecular formula is C12H20BNO3Si. The summed E-state index contributed by atoms with van der Waals surface area (Å²) < 4.78 is 5.94. The molecule has 0 saturated carbocycles. The van der Waals surface area contributed by atoms with E-state index in [1.54, 1.807) is 12.3 Å². The molecule has 0 aliphatic carbocycles. The molecule has 1 rings (SSSR count). The van der Waals surface area contributed by atoms with Crippen LogP contribution in [0.2, 0.25) is 5.04 Å². The van der Waals surface area contributed by atoms with Crippen molar-refractivity contribution in [1.29, 1.82) is 0 Å². The van der Waals surface area contributed by atoms with E-state index in [4.69, 9.17) is 14.5 Å². The number of hydrogen-bond donors (Lipinski definition) is 2. The zero-order valence-electron chi connectivity index (χ0n) is 11.6. The lowest BCUT2D eigenvalue weighted by atomic mass is 9.80. The quantitative estimate of drug-likeness (QED) is 0.792. The van der Waals surface area contributed by atoms with Gasteiger partial charge in [-0.15, -0.1) is 0 Å².